The minimum Gasteiger partial charge on any atom is -0.383 e. The van der Waals surface area contributed by atoms with Crippen LogP contribution in [0.3, 0.4) is 0 Å². The zero-order valence-corrected chi connectivity index (χ0v) is 77.4. The van der Waals surface area contributed by atoms with E-state index in [1.165, 1.54) is 36.9 Å². The van der Waals surface area contributed by atoms with Crippen molar-refractivity contribution in [2.24, 2.45) is 0 Å². The summed E-state index contributed by atoms with van der Waals surface area (Å²) < 4.78 is 0. The summed E-state index contributed by atoms with van der Waals surface area (Å²) >= 11 is 12.3. The maximum absolute atomic E-state index is 14.1. The van der Waals surface area contributed by atoms with E-state index in [2.05, 4.69) is 144 Å². The van der Waals surface area contributed by atoms with Crippen LogP contribution < -0.4 is 57.2 Å². The maximum atomic E-state index is 14.1. The lowest BCUT2D eigenvalue weighted by Gasteiger charge is -2.39. The van der Waals surface area contributed by atoms with Gasteiger partial charge in [0.15, 0.2) is 28.4 Å². The Morgan fingerprint density at radius 2 is 0.844 bits per heavy atom. The van der Waals surface area contributed by atoms with E-state index >= 15 is 0 Å². The highest BCUT2D eigenvalue weighted by Crippen LogP contribution is 2.48. The number of hydrogen-bond donors (Lipinski definition) is 11. The number of carbonyl (C=O) groups excluding carboxylic acids is 5. The summed E-state index contributed by atoms with van der Waals surface area (Å²) in [5.41, 5.74) is 23.5. The number of nitrogens with two attached hydrogens (primary N) is 1. The second-order valence-corrected chi connectivity index (χ2v) is 37.9. The molecule has 8 aromatic heterocycles. The fourth-order valence-electron chi connectivity index (χ4n) is 21.3. The van der Waals surface area contributed by atoms with Gasteiger partial charge in [0.25, 0.3) is 0 Å². The molecule has 0 radical (unpaired) electrons. The molecule has 135 heavy (non-hydrogen) atoms. The van der Waals surface area contributed by atoms with Crippen LogP contribution in [0.25, 0.3) is 77.5 Å². The molecule has 12 N–H and O–H groups in total. The van der Waals surface area contributed by atoms with Gasteiger partial charge < -0.3 is 76.8 Å². The van der Waals surface area contributed by atoms with E-state index < -0.39 is 0 Å². The van der Waals surface area contributed by atoms with Gasteiger partial charge in [0, 0.05) is 206 Å². The normalized spacial score (nSPS) is 20.8. The molecule has 1 aliphatic carbocycles. The number of nitrogens with zero attached hydrogens (tertiary/aromatic N) is 16. The van der Waals surface area contributed by atoms with Crippen LogP contribution in [-0.2, 0) is 24.0 Å². The number of carbonyl (C=O) groups is 5. The fraction of sp³-hybridized carbons (Fsp3) is 0.416. The number of benzene rings is 5. The summed E-state index contributed by atoms with van der Waals surface area (Å²) in [6.45, 7) is 16.2. The van der Waals surface area contributed by atoms with Crippen LogP contribution in [0.15, 0.2) is 177 Å². The molecule has 9 aliphatic heterocycles. The van der Waals surface area contributed by atoms with Crippen LogP contribution in [0.4, 0.5) is 34.4 Å². The summed E-state index contributed by atoms with van der Waals surface area (Å²) in [6, 6.07) is 47.2. The van der Waals surface area contributed by atoms with E-state index in [0.29, 0.717) is 135 Å². The lowest BCUT2D eigenvalue weighted by Crippen LogP contribution is -2.52. The molecule has 9 saturated heterocycles. The van der Waals surface area contributed by atoms with Crippen molar-refractivity contribution in [2.45, 2.75) is 131 Å². The average Bonchev–Trinajstić information content (AvgIpc) is 1.68. The van der Waals surface area contributed by atoms with Crippen LogP contribution in [0.1, 0.15) is 118 Å². The minimum absolute atomic E-state index is 0.0335. The zero-order chi connectivity index (χ0) is 91.8. The third-order valence-electron chi connectivity index (χ3n) is 28.5. The van der Waals surface area contributed by atoms with Gasteiger partial charge in [0.05, 0.1) is 74.6 Å². The molecule has 17 heterocycles. The van der Waals surface area contributed by atoms with Crippen molar-refractivity contribution in [1.29, 1.82) is 0 Å². The Bertz CT molecular complexity index is 6280. The summed E-state index contributed by atoms with van der Waals surface area (Å²) in [4.78, 5) is 101. The standard InChI is InChI=1S/C32H35ClN8O2.C28H30ClN7O.C22H26N6O.C19H26N6O/c33-22-10-8-21(9-11-22)27(25-7-4-12-34-25)32(43)41-15-13-40(14-16-41)29-24(20-5-2-1-3-6-20)19-36-30-28(29)31(39-38-30)37-23-17-26(42)35-18-23;29-20-10-8-19(9-11-20)23(22-7-4-12-31-22)28(37)36-15-13-35(14-16-36)25-21(18-5-2-1-3-6-18)17-32-27-24(25)26(30)33-34-27;29-20(13-17-7-4-8-23-17)27-9-11-28(12-10-27)21-18(16-5-2-1-3-6-16)14-24-22-19(21)15-25-26-22;26-17(10-14-2-1-5-20-14)24-6-8-25(9-7-24)18-15(13-3-4-13)11-21-19-16(18)12-22-23-19/h1-3,5-6,8-11,19,23,25,27,34H,4,7,12-18H2,(H,35,42)(H2,36,37,38,39);1-3,5-6,8-11,17,22-23,31H,4,7,12-16H2,(H3,30,32,33,34);1-3,5-6,14-15,17,23H,4,7-13H2,(H,24,25,26);11-14,20H,1-10H2,(H,21,22,23)/t23?,25-,27-;22-,23-;;/m00../s1. The highest BCUT2D eigenvalue weighted by molar-refractivity contribution is 6.31. The third-order valence-corrected chi connectivity index (χ3v) is 29.0. The number of H-pyrrole nitrogens is 4. The Balaban J connectivity index is 0.000000114. The van der Waals surface area contributed by atoms with E-state index in [1.54, 1.807) is 0 Å². The first-order valence-corrected chi connectivity index (χ1v) is 48.9. The molecule has 10 fully saturated rings. The number of rotatable bonds is 20. The molecular weight excluding hydrogens is 1740 g/mol. The van der Waals surface area contributed by atoms with E-state index in [4.69, 9.17) is 33.9 Å². The van der Waals surface area contributed by atoms with Crippen molar-refractivity contribution in [2.75, 3.05) is 168 Å². The lowest BCUT2D eigenvalue weighted by atomic mass is 9.89. The van der Waals surface area contributed by atoms with E-state index in [1.807, 2.05) is 160 Å². The maximum Gasteiger partial charge on any atom is 0.231 e. The number of amides is 5. The molecule has 10 aliphatic rings. The summed E-state index contributed by atoms with van der Waals surface area (Å²) in [7, 11) is 0. The summed E-state index contributed by atoms with van der Waals surface area (Å²) in [5, 5.41) is 54.8. The molecule has 5 amide bonds. The Labute approximate surface area is 793 Å². The van der Waals surface area contributed by atoms with Crippen molar-refractivity contribution in [3.05, 3.63) is 203 Å². The lowest BCUT2D eigenvalue weighted by molar-refractivity contribution is -0.134. The van der Waals surface area contributed by atoms with Crippen LogP contribution in [-0.4, -0.2) is 278 Å². The molecule has 3 unspecified atom stereocenters. The van der Waals surface area contributed by atoms with E-state index in [0.717, 1.165) is 211 Å². The second-order valence-electron chi connectivity index (χ2n) is 37.1. The third kappa shape index (κ3) is 20.0. The quantitative estimate of drug-likeness (QED) is 0.0338. The summed E-state index contributed by atoms with van der Waals surface area (Å²) in [6.07, 6.45) is 24.4. The van der Waals surface area contributed by atoms with Crippen molar-refractivity contribution in [3.63, 3.8) is 0 Å². The smallest absolute Gasteiger partial charge is 0.231 e. The number of anilines is 6. The van der Waals surface area contributed by atoms with Gasteiger partial charge in [-0.05, 0) is 154 Å². The van der Waals surface area contributed by atoms with Crippen molar-refractivity contribution >= 4 is 131 Å². The first-order valence-electron chi connectivity index (χ1n) is 48.1. The zero-order valence-electron chi connectivity index (χ0n) is 75.9. The van der Waals surface area contributed by atoms with Gasteiger partial charge in [-0.25, -0.2) is 19.9 Å². The Morgan fingerprint density at radius 3 is 1.30 bits per heavy atom. The minimum atomic E-state index is -0.244. The van der Waals surface area contributed by atoms with Crippen molar-refractivity contribution in [3.8, 4) is 33.4 Å². The number of aromatic nitrogens is 12. The molecule has 5 aromatic carbocycles. The highest BCUT2D eigenvalue weighted by atomic mass is 35.5. The molecule has 0 bridgehead atoms. The number of nitrogen functional groups attached to an aromatic ring is 1. The monoisotopic (exact) mass is 1860 g/mol. The first-order chi connectivity index (χ1) is 66.2. The molecule has 13 aromatic rings. The first kappa shape index (κ1) is 90.0. The van der Waals surface area contributed by atoms with Crippen LogP contribution in [0.2, 0.25) is 10.0 Å². The van der Waals surface area contributed by atoms with Crippen LogP contribution in [0, 0.1) is 0 Å². The van der Waals surface area contributed by atoms with Gasteiger partial charge in [-0.15, -0.1) is 0 Å². The predicted octanol–water partition coefficient (Wildman–Crippen LogP) is 11.8. The molecule has 1 saturated carbocycles. The van der Waals surface area contributed by atoms with Crippen LogP contribution in [0.5, 0.6) is 0 Å². The van der Waals surface area contributed by atoms with Gasteiger partial charge in [-0.2, -0.15) is 20.4 Å². The van der Waals surface area contributed by atoms with Gasteiger partial charge in [0.1, 0.15) is 5.82 Å². The molecule has 23 rings (SSSR count). The van der Waals surface area contributed by atoms with Gasteiger partial charge in [-0.3, -0.25) is 44.4 Å². The molecule has 0 spiro atoms. The van der Waals surface area contributed by atoms with Crippen LogP contribution >= 0.6 is 23.2 Å². The second kappa shape index (κ2) is 41.2. The predicted molar refractivity (Wildman–Crippen MR) is 530 cm³/mol. The number of halogens is 2. The fourth-order valence-corrected chi connectivity index (χ4v) is 21.6. The largest absolute Gasteiger partial charge is 0.383 e. The van der Waals surface area contributed by atoms with Gasteiger partial charge >= 0.3 is 0 Å². The topological polar surface area (TPSA) is 376 Å². The number of pyridine rings is 4. The van der Waals surface area contributed by atoms with Gasteiger partial charge in [0.2, 0.25) is 29.5 Å². The molecule has 32 nitrogen and oxygen atoms in total. The molecule has 34 heteroatoms. The number of nitrogens with one attached hydrogen (secondary N) is 10. The van der Waals surface area contributed by atoms with Gasteiger partial charge in [-0.1, -0.05) is 138 Å². The van der Waals surface area contributed by atoms with Crippen molar-refractivity contribution in [1.82, 2.24) is 107 Å². The van der Waals surface area contributed by atoms with E-state index in [9.17, 15) is 24.0 Å². The average molecular weight is 1860 g/mol. The number of piperazine rings is 4. The number of hydrogen-bond acceptors (Lipinski definition) is 23. The SMILES string of the molecule is Nc1[nH]nc2ncc(-c3ccccc3)c(N3CCN(C(=O)[C@@H](c4ccc(Cl)cc4)[C@@H]4CCCN4)CC3)c12.O=C(CC1CCCN1)N1CCN(c2c(-c3ccccc3)cnc3[nH]ncc23)CC1.O=C(CC1CCCN1)N1CCN(c2c(C3CC3)cnc3[nH]ncc23)CC1.O=C1CC(Nc2n[nH]c3ncc(-c4ccccc4)c(N4CCN(C(=O)[C@@H](c5ccc(Cl)cc5)[C@@H]5CCCN5)CC4)c23)CN1. The molecule has 700 valence electrons. The number of aromatic amines is 4. The van der Waals surface area contributed by atoms with E-state index in [-0.39, 0.29) is 53.6 Å². The number of fused-ring (bicyclic) bond motifs is 4. The molecular formula is C101H117Cl2N27O5. The Morgan fingerprint density at radius 1 is 0.422 bits per heavy atom. The Kier molecular flexibility index (Phi) is 27.4. The van der Waals surface area contributed by atoms with Crippen molar-refractivity contribution < 1.29 is 24.0 Å². The Hall–Kier alpha value is -12.9. The summed E-state index contributed by atoms with van der Waals surface area (Å²) in [5.74, 6) is 2.31. The highest BCUT2D eigenvalue weighted by Gasteiger charge is 2.41. The molecule has 7 atom stereocenters.